The van der Waals surface area contributed by atoms with Crippen molar-refractivity contribution in [3.8, 4) is 11.8 Å². The van der Waals surface area contributed by atoms with Crippen molar-refractivity contribution in [3.63, 3.8) is 0 Å². The van der Waals surface area contributed by atoms with Gasteiger partial charge in [0.25, 0.3) is 5.91 Å². The molecule has 1 fully saturated rings. The third kappa shape index (κ3) is 5.84. The van der Waals surface area contributed by atoms with Crippen LogP contribution in [0.3, 0.4) is 0 Å². The van der Waals surface area contributed by atoms with Gasteiger partial charge in [-0.2, -0.15) is 18.4 Å². The molecule has 0 saturated carbocycles. The lowest BCUT2D eigenvalue weighted by molar-refractivity contribution is -0.137. The molecule has 0 aliphatic carbocycles. The quantitative estimate of drug-likeness (QED) is 0.600. The fourth-order valence-electron chi connectivity index (χ4n) is 3.92. The maximum atomic E-state index is 13.5. The first-order chi connectivity index (χ1) is 16.7. The minimum absolute atomic E-state index is 0.0388. The van der Waals surface area contributed by atoms with E-state index < -0.39 is 35.2 Å². The first-order valence-electron chi connectivity index (χ1n) is 10.8. The number of ether oxygens (including phenoxy) is 2. The number of para-hydroxylation sites is 1. The molecule has 1 atom stereocenters. The molecule has 1 saturated heterocycles. The van der Waals surface area contributed by atoms with Crippen molar-refractivity contribution in [1.29, 1.82) is 5.26 Å². The van der Waals surface area contributed by atoms with Crippen molar-refractivity contribution in [2.24, 2.45) is 0 Å². The van der Waals surface area contributed by atoms with Crippen LogP contribution in [-0.2, 0) is 15.7 Å². The summed E-state index contributed by atoms with van der Waals surface area (Å²) in [4.78, 5) is 29.4. The average Bonchev–Trinajstić information content (AvgIpc) is 2.87. The van der Waals surface area contributed by atoms with E-state index in [1.807, 2.05) is 0 Å². The van der Waals surface area contributed by atoms with E-state index in [0.29, 0.717) is 5.75 Å². The molecule has 8 nitrogen and oxygen atoms in total. The number of carbonyl (C=O) groups excluding carboxylic acids is 2. The molecule has 0 radical (unpaired) electrons. The van der Waals surface area contributed by atoms with Gasteiger partial charge < -0.3 is 24.6 Å². The van der Waals surface area contributed by atoms with Crippen LogP contribution in [0.25, 0.3) is 0 Å². The number of nitriles is 1. The first-order valence-corrected chi connectivity index (χ1v) is 10.8. The predicted octanol–water partition coefficient (Wildman–Crippen LogP) is 2.68. The summed E-state index contributed by atoms with van der Waals surface area (Å²) in [6.45, 7) is 0.695. The summed E-state index contributed by atoms with van der Waals surface area (Å²) in [7, 11) is 2.91. The van der Waals surface area contributed by atoms with Crippen LogP contribution in [0, 0.1) is 11.3 Å². The topological polar surface area (TPSA) is 94.9 Å². The summed E-state index contributed by atoms with van der Waals surface area (Å²) in [6, 6.07) is 10.6. The van der Waals surface area contributed by atoms with Crippen molar-refractivity contribution in [1.82, 2.24) is 10.2 Å². The Bertz CT molecular complexity index is 1120. The molecule has 186 valence electrons. The molecule has 0 aromatic heterocycles. The number of carbonyl (C=O) groups is 2. The van der Waals surface area contributed by atoms with Crippen LogP contribution in [0.15, 0.2) is 42.5 Å². The Hall–Kier alpha value is -3.78. The van der Waals surface area contributed by atoms with E-state index in [2.05, 4.69) is 5.32 Å². The number of rotatable bonds is 7. The van der Waals surface area contributed by atoms with Crippen LogP contribution in [0.4, 0.5) is 18.9 Å². The summed E-state index contributed by atoms with van der Waals surface area (Å²) in [5.74, 6) is -0.537. The van der Waals surface area contributed by atoms with E-state index in [-0.39, 0.29) is 44.0 Å². The highest BCUT2D eigenvalue weighted by Crippen LogP contribution is 2.35. The van der Waals surface area contributed by atoms with Crippen LogP contribution >= 0.6 is 0 Å². The molecule has 1 aliphatic heterocycles. The number of nitrogens with zero attached hydrogens (tertiary/aromatic N) is 3. The van der Waals surface area contributed by atoms with Crippen LogP contribution in [-0.4, -0.2) is 69.8 Å². The zero-order valence-corrected chi connectivity index (χ0v) is 19.3. The number of piperazine rings is 1. The molecule has 3 rings (SSSR count). The Morgan fingerprint density at radius 1 is 1.17 bits per heavy atom. The fraction of sp³-hybridized carbons (Fsp3) is 0.375. The number of hydrogen-bond acceptors (Lipinski definition) is 6. The number of alkyl halides is 3. The van der Waals surface area contributed by atoms with E-state index in [0.717, 1.165) is 12.1 Å². The van der Waals surface area contributed by atoms with Crippen LogP contribution in [0.1, 0.15) is 21.5 Å². The molecule has 1 N–H and O–H groups in total. The summed E-state index contributed by atoms with van der Waals surface area (Å²) in [5, 5.41) is 11.8. The van der Waals surface area contributed by atoms with Crippen LogP contribution in [0.2, 0.25) is 0 Å². The molecule has 2 aromatic rings. The van der Waals surface area contributed by atoms with E-state index in [4.69, 9.17) is 14.7 Å². The SMILES string of the molecule is COCCNC(=O)C1CN(c2ccc(C#N)c(C(F)(F)F)c2)CCN1C(=O)c1ccccc1OC. The lowest BCUT2D eigenvalue weighted by atomic mass is 10.0. The van der Waals surface area contributed by atoms with Crippen LogP contribution in [0.5, 0.6) is 5.75 Å². The number of halogens is 3. The molecule has 35 heavy (non-hydrogen) atoms. The number of benzene rings is 2. The Labute approximate surface area is 200 Å². The normalized spacial score (nSPS) is 15.9. The second-order valence-electron chi connectivity index (χ2n) is 7.78. The second-order valence-corrected chi connectivity index (χ2v) is 7.78. The number of amides is 2. The summed E-state index contributed by atoms with van der Waals surface area (Å²) < 4.78 is 50.7. The predicted molar refractivity (Wildman–Crippen MR) is 121 cm³/mol. The van der Waals surface area contributed by atoms with Gasteiger partial charge in [-0.25, -0.2) is 0 Å². The lowest BCUT2D eigenvalue weighted by Gasteiger charge is -2.41. The van der Waals surface area contributed by atoms with Gasteiger partial charge in [-0.15, -0.1) is 0 Å². The van der Waals surface area contributed by atoms with Crippen molar-refractivity contribution in [3.05, 3.63) is 59.2 Å². The molecule has 1 heterocycles. The van der Waals surface area contributed by atoms with E-state index in [1.54, 1.807) is 35.2 Å². The van der Waals surface area contributed by atoms with Gasteiger partial charge in [0.2, 0.25) is 5.91 Å². The standard InChI is InChI=1S/C24H25F3N4O4/c1-34-12-9-29-22(32)20-15-30(17-8-7-16(14-28)19(13-17)24(25,26)27)10-11-31(20)23(33)18-5-3-4-6-21(18)35-2/h3-8,13,20H,9-12,15H2,1-2H3,(H,29,32). The maximum Gasteiger partial charge on any atom is 0.417 e. The molecule has 2 aromatic carbocycles. The van der Waals surface area contributed by atoms with Gasteiger partial charge in [0, 0.05) is 39.0 Å². The second kappa shape index (κ2) is 11.1. The van der Waals surface area contributed by atoms with Gasteiger partial charge in [0.15, 0.2) is 0 Å². The maximum absolute atomic E-state index is 13.5. The van der Waals surface area contributed by atoms with E-state index in [9.17, 15) is 22.8 Å². The molecule has 1 unspecified atom stereocenters. The van der Waals surface area contributed by atoms with Crippen LogP contribution < -0.4 is 15.0 Å². The summed E-state index contributed by atoms with van der Waals surface area (Å²) in [6.07, 6.45) is -4.71. The number of hydrogen-bond donors (Lipinski definition) is 1. The minimum Gasteiger partial charge on any atom is -0.496 e. The molecule has 0 bridgehead atoms. The molecule has 11 heteroatoms. The zero-order valence-electron chi connectivity index (χ0n) is 19.3. The average molecular weight is 490 g/mol. The smallest absolute Gasteiger partial charge is 0.417 e. The van der Waals surface area contributed by atoms with Gasteiger partial charge in [-0.3, -0.25) is 9.59 Å². The van der Waals surface area contributed by atoms with Crippen molar-refractivity contribution < 1.29 is 32.2 Å². The molecule has 2 amide bonds. The lowest BCUT2D eigenvalue weighted by Crippen LogP contribution is -2.61. The van der Waals surface area contributed by atoms with Crippen molar-refractivity contribution >= 4 is 17.5 Å². The highest BCUT2D eigenvalue weighted by molar-refractivity contribution is 6.00. The highest BCUT2D eigenvalue weighted by atomic mass is 19.4. The Kier molecular flexibility index (Phi) is 8.19. The third-order valence-corrected chi connectivity index (χ3v) is 5.68. The third-order valence-electron chi connectivity index (χ3n) is 5.68. The Morgan fingerprint density at radius 3 is 2.57 bits per heavy atom. The summed E-state index contributed by atoms with van der Waals surface area (Å²) in [5.41, 5.74) is -1.06. The minimum atomic E-state index is -4.71. The molecule has 1 aliphatic rings. The fourth-order valence-corrected chi connectivity index (χ4v) is 3.92. The number of methoxy groups -OCH3 is 2. The van der Waals surface area contributed by atoms with E-state index in [1.165, 1.54) is 25.2 Å². The van der Waals surface area contributed by atoms with Gasteiger partial charge in [0.1, 0.15) is 11.8 Å². The zero-order chi connectivity index (χ0) is 25.6. The monoisotopic (exact) mass is 490 g/mol. The molecule has 0 spiro atoms. The highest BCUT2D eigenvalue weighted by Gasteiger charge is 2.38. The van der Waals surface area contributed by atoms with Gasteiger partial charge in [-0.05, 0) is 30.3 Å². The Balaban J connectivity index is 1.92. The Morgan fingerprint density at radius 2 is 1.91 bits per heavy atom. The summed E-state index contributed by atoms with van der Waals surface area (Å²) >= 11 is 0. The molecular weight excluding hydrogens is 465 g/mol. The largest absolute Gasteiger partial charge is 0.496 e. The van der Waals surface area contributed by atoms with Gasteiger partial charge >= 0.3 is 6.18 Å². The van der Waals surface area contributed by atoms with Gasteiger partial charge in [-0.1, -0.05) is 12.1 Å². The van der Waals surface area contributed by atoms with Crippen molar-refractivity contribution in [2.45, 2.75) is 12.2 Å². The number of anilines is 1. The van der Waals surface area contributed by atoms with Crippen molar-refractivity contribution in [2.75, 3.05) is 51.9 Å². The number of nitrogens with one attached hydrogen (secondary N) is 1. The van der Waals surface area contributed by atoms with Gasteiger partial charge in [0.05, 0.1) is 36.5 Å². The first kappa shape index (κ1) is 25.8. The molecular formula is C24H25F3N4O4. The van der Waals surface area contributed by atoms with E-state index >= 15 is 0 Å².